The van der Waals surface area contributed by atoms with Gasteiger partial charge in [0.25, 0.3) is 10.0 Å². The number of benzene rings is 1. The maximum Gasteiger partial charge on any atom is 0.263 e. The molecular weight excluding hydrogens is 290 g/mol. The molecule has 0 radical (unpaired) electrons. The molecule has 0 saturated heterocycles. The molecule has 0 unspecified atom stereocenters. The second-order valence-corrected chi connectivity index (χ2v) is 6.64. The summed E-state index contributed by atoms with van der Waals surface area (Å²) in [5, 5.41) is 9.16. The summed E-state index contributed by atoms with van der Waals surface area (Å²) in [5.74, 6) is 0. The van der Waals surface area contributed by atoms with Gasteiger partial charge in [0.1, 0.15) is 4.90 Å². The van der Waals surface area contributed by atoms with Crippen molar-refractivity contribution in [1.82, 2.24) is 4.57 Å². The first-order valence-electron chi connectivity index (χ1n) is 6.40. The van der Waals surface area contributed by atoms with Crippen LogP contribution in [0.25, 0.3) is 0 Å². The first-order chi connectivity index (χ1) is 9.85. The number of nitrogens with zero attached hydrogens (tertiary/aromatic N) is 2. The van der Waals surface area contributed by atoms with Gasteiger partial charge in [0.2, 0.25) is 0 Å². The SMILES string of the molecule is CN(C)c1ccccc1NS(=O)(=O)c1cc(CO)n(C)c1. The summed E-state index contributed by atoms with van der Waals surface area (Å²) < 4.78 is 29.0. The molecule has 1 heterocycles. The third-order valence-electron chi connectivity index (χ3n) is 3.19. The summed E-state index contributed by atoms with van der Waals surface area (Å²) in [6.45, 7) is -0.208. The molecule has 0 aliphatic rings. The Kier molecular flexibility index (Phi) is 4.24. The van der Waals surface area contributed by atoms with Crippen LogP contribution in [0.3, 0.4) is 0 Å². The molecule has 2 rings (SSSR count). The number of hydrogen-bond acceptors (Lipinski definition) is 4. The maximum absolute atomic E-state index is 12.4. The Morgan fingerprint density at radius 1 is 1.29 bits per heavy atom. The molecule has 1 aromatic carbocycles. The highest BCUT2D eigenvalue weighted by molar-refractivity contribution is 7.92. The number of aryl methyl sites for hydroxylation is 1. The zero-order chi connectivity index (χ0) is 15.6. The van der Waals surface area contributed by atoms with Crippen LogP contribution in [-0.4, -0.2) is 32.2 Å². The number of aromatic nitrogens is 1. The van der Waals surface area contributed by atoms with Crippen LogP contribution >= 0.6 is 0 Å². The Balaban J connectivity index is 2.37. The van der Waals surface area contributed by atoms with Crippen LogP contribution in [0.2, 0.25) is 0 Å². The van der Waals surface area contributed by atoms with E-state index >= 15 is 0 Å². The summed E-state index contributed by atoms with van der Waals surface area (Å²) in [6.07, 6.45) is 1.48. The highest BCUT2D eigenvalue weighted by Gasteiger charge is 2.19. The minimum Gasteiger partial charge on any atom is -0.390 e. The fourth-order valence-electron chi connectivity index (χ4n) is 2.03. The molecule has 0 saturated carbocycles. The lowest BCUT2D eigenvalue weighted by atomic mass is 10.2. The number of para-hydroxylation sites is 2. The van der Waals surface area contributed by atoms with Gasteiger partial charge in [-0.3, -0.25) is 4.72 Å². The quantitative estimate of drug-likeness (QED) is 0.875. The van der Waals surface area contributed by atoms with Gasteiger partial charge in [0.15, 0.2) is 0 Å². The van der Waals surface area contributed by atoms with Gasteiger partial charge in [0, 0.05) is 33.0 Å². The molecule has 114 valence electrons. The summed E-state index contributed by atoms with van der Waals surface area (Å²) in [6, 6.07) is 8.62. The number of aliphatic hydroxyl groups excluding tert-OH is 1. The number of sulfonamides is 1. The first-order valence-corrected chi connectivity index (χ1v) is 7.88. The van der Waals surface area contributed by atoms with Crippen LogP contribution in [0.1, 0.15) is 5.69 Å². The highest BCUT2D eigenvalue weighted by Crippen LogP contribution is 2.26. The fourth-order valence-corrected chi connectivity index (χ4v) is 3.20. The van der Waals surface area contributed by atoms with Crippen molar-refractivity contribution in [2.24, 2.45) is 7.05 Å². The molecule has 2 aromatic rings. The molecule has 0 amide bonds. The Hall–Kier alpha value is -1.99. The Morgan fingerprint density at radius 3 is 2.52 bits per heavy atom. The standard InChI is InChI=1S/C14H19N3O3S/c1-16(2)14-7-5-4-6-13(14)15-21(19,20)12-8-11(10-18)17(3)9-12/h4-9,15,18H,10H2,1-3H3. The topological polar surface area (TPSA) is 74.6 Å². The zero-order valence-corrected chi connectivity index (χ0v) is 13.1. The Morgan fingerprint density at radius 2 is 1.95 bits per heavy atom. The fraction of sp³-hybridized carbons (Fsp3) is 0.286. The van der Waals surface area contributed by atoms with Gasteiger partial charge in [-0.25, -0.2) is 8.42 Å². The van der Waals surface area contributed by atoms with Gasteiger partial charge in [-0.15, -0.1) is 0 Å². The lowest BCUT2D eigenvalue weighted by molar-refractivity contribution is 0.272. The molecule has 21 heavy (non-hydrogen) atoms. The van der Waals surface area contributed by atoms with E-state index in [0.717, 1.165) is 5.69 Å². The third kappa shape index (κ3) is 3.20. The van der Waals surface area contributed by atoms with E-state index < -0.39 is 10.0 Å². The van der Waals surface area contributed by atoms with Crippen molar-refractivity contribution in [1.29, 1.82) is 0 Å². The number of aliphatic hydroxyl groups is 1. The van der Waals surface area contributed by atoms with Crippen molar-refractivity contribution in [3.05, 3.63) is 42.2 Å². The summed E-state index contributed by atoms with van der Waals surface area (Å²) in [5.41, 5.74) is 1.83. The molecule has 0 aliphatic carbocycles. The Bertz CT molecular complexity index is 736. The van der Waals surface area contributed by atoms with E-state index in [1.165, 1.54) is 12.3 Å². The largest absolute Gasteiger partial charge is 0.390 e. The summed E-state index contributed by atoms with van der Waals surface area (Å²) in [4.78, 5) is 1.96. The monoisotopic (exact) mass is 309 g/mol. The van der Waals surface area contributed by atoms with Crippen LogP contribution < -0.4 is 9.62 Å². The van der Waals surface area contributed by atoms with E-state index in [2.05, 4.69) is 4.72 Å². The van der Waals surface area contributed by atoms with Crippen molar-refractivity contribution in [2.45, 2.75) is 11.5 Å². The Labute approximate surface area is 124 Å². The summed E-state index contributed by atoms with van der Waals surface area (Å²) in [7, 11) is 1.70. The number of hydrogen-bond donors (Lipinski definition) is 2. The number of anilines is 2. The molecule has 6 nitrogen and oxygen atoms in total. The molecule has 0 bridgehead atoms. The van der Waals surface area contributed by atoms with E-state index in [1.807, 2.05) is 31.1 Å². The average molecular weight is 309 g/mol. The number of nitrogens with one attached hydrogen (secondary N) is 1. The molecule has 2 N–H and O–H groups in total. The van der Waals surface area contributed by atoms with Crippen molar-refractivity contribution in [3.8, 4) is 0 Å². The van der Waals surface area contributed by atoms with Gasteiger partial charge < -0.3 is 14.6 Å². The van der Waals surface area contributed by atoms with E-state index in [9.17, 15) is 8.42 Å². The van der Waals surface area contributed by atoms with Crippen molar-refractivity contribution < 1.29 is 13.5 Å². The van der Waals surface area contributed by atoms with Crippen LogP contribution in [-0.2, 0) is 23.7 Å². The maximum atomic E-state index is 12.4. The normalized spacial score (nSPS) is 11.4. The van der Waals surface area contributed by atoms with E-state index in [-0.39, 0.29) is 11.5 Å². The molecule has 0 spiro atoms. The van der Waals surface area contributed by atoms with Crippen LogP contribution in [0, 0.1) is 0 Å². The first kappa shape index (κ1) is 15.4. The molecular formula is C14H19N3O3S. The minimum absolute atomic E-state index is 0.127. The van der Waals surface area contributed by atoms with Crippen molar-refractivity contribution in [3.63, 3.8) is 0 Å². The average Bonchev–Trinajstić information content (AvgIpc) is 2.81. The van der Waals surface area contributed by atoms with Gasteiger partial charge in [-0.05, 0) is 18.2 Å². The van der Waals surface area contributed by atoms with Gasteiger partial charge >= 0.3 is 0 Å². The van der Waals surface area contributed by atoms with Gasteiger partial charge in [-0.2, -0.15) is 0 Å². The zero-order valence-electron chi connectivity index (χ0n) is 12.2. The second kappa shape index (κ2) is 5.79. The molecule has 7 heteroatoms. The number of rotatable bonds is 5. The molecule has 0 aliphatic heterocycles. The molecule has 0 atom stereocenters. The van der Waals surface area contributed by atoms with Crippen LogP contribution in [0.5, 0.6) is 0 Å². The third-order valence-corrected chi connectivity index (χ3v) is 4.52. The van der Waals surface area contributed by atoms with Crippen molar-refractivity contribution in [2.75, 3.05) is 23.7 Å². The smallest absolute Gasteiger partial charge is 0.263 e. The van der Waals surface area contributed by atoms with E-state index in [1.54, 1.807) is 23.7 Å². The molecule has 1 aromatic heterocycles. The lowest BCUT2D eigenvalue weighted by Crippen LogP contribution is -2.16. The minimum atomic E-state index is -3.69. The van der Waals surface area contributed by atoms with Crippen LogP contribution in [0.4, 0.5) is 11.4 Å². The van der Waals surface area contributed by atoms with E-state index in [0.29, 0.717) is 11.4 Å². The summed E-state index contributed by atoms with van der Waals surface area (Å²) >= 11 is 0. The predicted molar refractivity (Wildman–Crippen MR) is 82.9 cm³/mol. The van der Waals surface area contributed by atoms with Crippen LogP contribution in [0.15, 0.2) is 41.4 Å². The van der Waals surface area contributed by atoms with Crippen molar-refractivity contribution >= 4 is 21.4 Å². The highest BCUT2D eigenvalue weighted by atomic mass is 32.2. The van der Waals surface area contributed by atoms with Gasteiger partial charge in [-0.1, -0.05) is 12.1 Å². The lowest BCUT2D eigenvalue weighted by Gasteiger charge is -2.18. The predicted octanol–water partition coefficient (Wildman–Crippen LogP) is 1.38. The van der Waals surface area contributed by atoms with E-state index in [4.69, 9.17) is 5.11 Å². The second-order valence-electron chi connectivity index (χ2n) is 4.95. The molecule has 0 fully saturated rings. The van der Waals surface area contributed by atoms with Gasteiger partial charge in [0.05, 0.1) is 18.0 Å².